The van der Waals surface area contributed by atoms with Crippen molar-refractivity contribution in [3.8, 4) is 0 Å². The summed E-state index contributed by atoms with van der Waals surface area (Å²) in [5, 5.41) is 6.25. The first kappa shape index (κ1) is 11.5. The summed E-state index contributed by atoms with van der Waals surface area (Å²) in [6.07, 6.45) is 6.44. The molecule has 1 aromatic rings. The van der Waals surface area contributed by atoms with Crippen LogP contribution in [0.2, 0.25) is 0 Å². The van der Waals surface area contributed by atoms with Crippen molar-refractivity contribution in [3.05, 3.63) is 11.1 Å². The molecular formula is C11H17BrN2S. The van der Waals surface area contributed by atoms with Crippen molar-refractivity contribution in [2.75, 3.05) is 0 Å². The average molecular weight is 289 g/mol. The summed E-state index contributed by atoms with van der Waals surface area (Å²) in [6, 6.07) is 0. The van der Waals surface area contributed by atoms with Gasteiger partial charge in [-0.15, -0.1) is 5.10 Å². The van der Waals surface area contributed by atoms with Gasteiger partial charge in [0.1, 0.15) is 0 Å². The van der Waals surface area contributed by atoms with Gasteiger partial charge in [-0.2, -0.15) is 0 Å². The highest BCUT2D eigenvalue weighted by atomic mass is 79.9. The molecule has 0 N–H and O–H groups in total. The normalized spacial score (nSPS) is 31.7. The number of halogens is 1. The number of hydrogen-bond donors (Lipinski definition) is 0. The predicted octanol–water partition coefficient (Wildman–Crippen LogP) is 3.67. The van der Waals surface area contributed by atoms with Gasteiger partial charge in [-0.1, -0.05) is 33.8 Å². The second-order valence-electron chi connectivity index (χ2n) is 4.44. The van der Waals surface area contributed by atoms with Crippen LogP contribution in [-0.2, 0) is 6.42 Å². The van der Waals surface area contributed by atoms with Gasteiger partial charge in [-0.05, 0) is 49.1 Å². The molecule has 4 heteroatoms. The van der Waals surface area contributed by atoms with Gasteiger partial charge in [0.2, 0.25) is 0 Å². The van der Waals surface area contributed by atoms with Crippen LogP contribution in [-0.4, -0.2) is 14.4 Å². The topological polar surface area (TPSA) is 25.8 Å². The van der Waals surface area contributed by atoms with E-state index in [1.807, 2.05) is 0 Å². The Morgan fingerprint density at radius 1 is 1.47 bits per heavy atom. The van der Waals surface area contributed by atoms with Crippen LogP contribution in [0.1, 0.15) is 38.3 Å². The van der Waals surface area contributed by atoms with Gasteiger partial charge in [-0.3, -0.25) is 0 Å². The Morgan fingerprint density at radius 2 is 2.33 bits per heavy atom. The van der Waals surface area contributed by atoms with Gasteiger partial charge in [0.25, 0.3) is 0 Å². The lowest BCUT2D eigenvalue weighted by Gasteiger charge is -2.33. The molecule has 0 radical (unpaired) electrons. The third-order valence-corrected chi connectivity index (χ3v) is 4.86. The Labute approximate surface area is 104 Å². The van der Waals surface area contributed by atoms with E-state index in [1.54, 1.807) is 0 Å². The number of rotatable bonds is 3. The predicted molar refractivity (Wildman–Crippen MR) is 67.5 cm³/mol. The van der Waals surface area contributed by atoms with Gasteiger partial charge in [0.05, 0.1) is 5.69 Å². The van der Waals surface area contributed by atoms with Crippen LogP contribution >= 0.6 is 27.5 Å². The summed E-state index contributed by atoms with van der Waals surface area (Å²) in [7, 11) is 0. The lowest BCUT2D eigenvalue weighted by Crippen LogP contribution is -2.26. The third kappa shape index (κ3) is 3.00. The van der Waals surface area contributed by atoms with E-state index in [2.05, 4.69) is 37.8 Å². The summed E-state index contributed by atoms with van der Waals surface area (Å²) in [4.78, 5) is 0.719. The molecule has 1 saturated carbocycles. The number of hydrogen-bond acceptors (Lipinski definition) is 3. The highest BCUT2D eigenvalue weighted by Crippen LogP contribution is 2.37. The first-order valence-electron chi connectivity index (χ1n) is 5.69. The van der Waals surface area contributed by atoms with E-state index in [0.717, 1.165) is 23.1 Å². The van der Waals surface area contributed by atoms with Crippen molar-refractivity contribution in [2.24, 2.45) is 11.8 Å². The van der Waals surface area contributed by atoms with Gasteiger partial charge in [0.15, 0.2) is 0 Å². The zero-order chi connectivity index (χ0) is 10.7. The Bertz CT molecular complexity index is 289. The van der Waals surface area contributed by atoms with Gasteiger partial charge in [0, 0.05) is 10.2 Å². The highest BCUT2D eigenvalue weighted by Gasteiger charge is 2.28. The van der Waals surface area contributed by atoms with Crippen LogP contribution in [0.5, 0.6) is 0 Å². The van der Waals surface area contributed by atoms with Crippen molar-refractivity contribution in [1.82, 2.24) is 9.59 Å². The Hall–Kier alpha value is 0.0400. The molecule has 1 aliphatic carbocycles. The fourth-order valence-electron chi connectivity index (χ4n) is 2.60. The van der Waals surface area contributed by atoms with Crippen LogP contribution in [0.15, 0.2) is 5.38 Å². The fraction of sp³-hybridized carbons (Fsp3) is 0.818. The third-order valence-electron chi connectivity index (χ3n) is 3.48. The van der Waals surface area contributed by atoms with E-state index in [4.69, 9.17) is 0 Å². The summed E-state index contributed by atoms with van der Waals surface area (Å²) in [5.41, 5.74) is 1.19. The van der Waals surface area contributed by atoms with E-state index in [0.29, 0.717) is 0 Å². The molecule has 84 valence electrons. The van der Waals surface area contributed by atoms with Gasteiger partial charge in [-0.25, -0.2) is 0 Å². The lowest BCUT2D eigenvalue weighted by atomic mass is 9.76. The molecule has 1 fully saturated rings. The smallest absolute Gasteiger partial charge is 0.0758 e. The van der Waals surface area contributed by atoms with E-state index < -0.39 is 0 Å². The molecule has 1 aliphatic rings. The Morgan fingerprint density at radius 3 is 3.00 bits per heavy atom. The molecule has 0 spiro atoms. The first-order chi connectivity index (χ1) is 7.29. The molecule has 3 atom stereocenters. The average Bonchev–Trinajstić information content (AvgIpc) is 2.71. The summed E-state index contributed by atoms with van der Waals surface area (Å²) < 4.78 is 3.94. The van der Waals surface area contributed by atoms with Gasteiger partial charge < -0.3 is 0 Å². The Balaban J connectivity index is 1.98. The van der Waals surface area contributed by atoms with E-state index in [1.165, 1.54) is 42.9 Å². The number of aromatic nitrogens is 2. The zero-order valence-corrected chi connectivity index (χ0v) is 11.4. The van der Waals surface area contributed by atoms with Crippen LogP contribution in [0.25, 0.3) is 0 Å². The van der Waals surface area contributed by atoms with Crippen LogP contribution in [0.3, 0.4) is 0 Å². The molecule has 3 unspecified atom stereocenters. The number of nitrogens with zero attached hydrogens (tertiary/aromatic N) is 2. The highest BCUT2D eigenvalue weighted by molar-refractivity contribution is 9.09. The quantitative estimate of drug-likeness (QED) is 0.793. The van der Waals surface area contributed by atoms with E-state index in [-0.39, 0.29) is 0 Å². The van der Waals surface area contributed by atoms with E-state index in [9.17, 15) is 0 Å². The van der Waals surface area contributed by atoms with Crippen LogP contribution in [0.4, 0.5) is 0 Å². The maximum absolute atomic E-state index is 4.16. The second kappa shape index (κ2) is 5.39. The molecule has 0 aromatic carbocycles. The molecule has 0 saturated heterocycles. The molecule has 1 aromatic heterocycles. The molecular weight excluding hydrogens is 272 g/mol. The molecule has 15 heavy (non-hydrogen) atoms. The number of alkyl halides is 1. The van der Waals surface area contributed by atoms with Crippen molar-refractivity contribution in [3.63, 3.8) is 0 Å². The minimum Gasteiger partial charge on any atom is -0.143 e. The molecule has 1 heterocycles. The molecule has 0 aliphatic heterocycles. The fourth-order valence-corrected chi connectivity index (χ4v) is 3.81. The SMILES string of the molecule is CCC1CCC(Br)CC1Cc1csnn1. The Kier molecular flexibility index (Phi) is 4.14. The van der Waals surface area contributed by atoms with E-state index >= 15 is 0 Å². The van der Waals surface area contributed by atoms with Crippen LogP contribution < -0.4 is 0 Å². The minimum absolute atomic E-state index is 0.719. The summed E-state index contributed by atoms with van der Waals surface area (Å²) in [6.45, 7) is 2.31. The molecule has 2 nitrogen and oxygen atoms in total. The summed E-state index contributed by atoms with van der Waals surface area (Å²) in [5.74, 6) is 1.69. The maximum Gasteiger partial charge on any atom is 0.0758 e. The molecule has 0 amide bonds. The lowest BCUT2D eigenvalue weighted by molar-refractivity contribution is 0.235. The van der Waals surface area contributed by atoms with Crippen LogP contribution in [0, 0.1) is 11.8 Å². The standard InChI is InChI=1S/C11H17BrN2S/c1-2-8-3-4-10(12)5-9(8)6-11-7-15-14-13-11/h7-10H,2-6H2,1H3. The van der Waals surface area contributed by atoms with Crippen molar-refractivity contribution in [1.29, 1.82) is 0 Å². The maximum atomic E-state index is 4.16. The van der Waals surface area contributed by atoms with Crippen molar-refractivity contribution >= 4 is 27.5 Å². The molecule has 0 bridgehead atoms. The second-order valence-corrected chi connectivity index (χ2v) is 6.34. The first-order valence-corrected chi connectivity index (χ1v) is 7.44. The molecule has 2 rings (SSSR count). The van der Waals surface area contributed by atoms with Gasteiger partial charge >= 0.3 is 0 Å². The largest absolute Gasteiger partial charge is 0.143 e. The minimum atomic E-state index is 0.719. The van der Waals surface area contributed by atoms with Crippen molar-refractivity contribution < 1.29 is 0 Å². The van der Waals surface area contributed by atoms with Crippen molar-refractivity contribution in [2.45, 2.75) is 43.9 Å². The zero-order valence-electron chi connectivity index (χ0n) is 9.03. The monoisotopic (exact) mass is 288 g/mol. The summed E-state index contributed by atoms with van der Waals surface area (Å²) >= 11 is 5.22.